The third-order valence-electron chi connectivity index (χ3n) is 3.95. The van der Waals surface area contributed by atoms with E-state index in [4.69, 9.17) is 9.47 Å². The standard InChI is InChI=1S/C19H22N2O2S2/c1-13-12-25-19(21-13)17(10-16-5-4-8-24-16)20-11-14-9-15(22-2)6-7-18(14)23-3/h4-9,12,17,20H,10-11H2,1-3H3/t17-/m1/s1. The second kappa shape index (κ2) is 8.47. The molecular formula is C19H22N2O2S2. The fourth-order valence-electron chi connectivity index (χ4n) is 2.66. The molecule has 0 aliphatic heterocycles. The molecular weight excluding hydrogens is 352 g/mol. The van der Waals surface area contributed by atoms with E-state index in [9.17, 15) is 0 Å². The highest BCUT2D eigenvalue weighted by Gasteiger charge is 2.17. The molecule has 0 aliphatic rings. The quantitative estimate of drug-likeness (QED) is 0.626. The first kappa shape index (κ1) is 17.9. The van der Waals surface area contributed by atoms with Gasteiger partial charge in [0.2, 0.25) is 0 Å². The molecule has 0 amide bonds. The highest BCUT2D eigenvalue weighted by Crippen LogP contribution is 2.27. The van der Waals surface area contributed by atoms with Crippen LogP contribution in [0.4, 0.5) is 0 Å². The Balaban J connectivity index is 1.78. The molecule has 2 aromatic heterocycles. The predicted octanol–water partition coefficient (Wildman–Crippen LogP) is 4.60. The van der Waals surface area contributed by atoms with Gasteiger partial charge in [0.1, 0.15) is 16.5 Å². The fraction of sp³-hybridized carbons (Fsp3) is 0.316. The number of rotatable bonds is 8. The van der Waals surface area contributed by atoms with Gasteiger partial charge >= 0.3 is 0 Å². The molecule has 4 nitrogen and oxygen atoms in total. The van der Waals surface area contributed by atoms with Crippen molar-refractivity contribution in [3.8, 4) is 11.5 Å². The van der Waals surface area contributed by atoms with Gasteiger partial charge in [0.05, 0.1) is 20.3 Å². The Morgan fingerprint density at radius 1 is 1.16 bits per heavy atom. The number of benzene rings is 1. The van der Waals surface area contributed by atoms with E-state index >= 15 is 0 Å². The summed E-state index contributed by atoms with van der Waals surface area (Å²) in [7, 11) is 3.37. The number of ether oxygens (including phenoxy) is 2. The van der Waals surface area contributed by atoms with Gasteiger partial charge in [-0.1, -0.05) is 6.07 Å². The first-order chi connectivity index (χ1) is 12.2. The minimum Gasteiger partial charge on any atom is -0.497 e. The van der Waals surface area contributed by atoms with E-state index in [1.54, 1.807) is 36.9 Å². The van der Waals surface area contributed by atoms with Crippen molar-refractivity contribution in [3.05, 3.63) is 62.2 Å². The van der Waals surface area contributed by atoms with Gasteiger partial charge in [0.15, 0.2) is 0 Å². The van der Waals surface area contributed by atoms with Gasteiger partial charge in [-0.3, -0.25) is 0 Å². The van der Waals surface area contributed by atoms with Crippen LogP contribution in [0, 0.1) is 6.92 Å². The molecule has 1 aromatic carbocycles. The Labute approximate surface area is 156 Å². The molecule has 0 bridgehead atoms. The number of methoxy groups -OCH3 is 2. The molecule has 1 N–H and O–H groups in total. The van der Waals surface area contributed by atoms with Crippen molar-refractivity contribution < 1.29 is 9.47 Å². The summed E-state index contributed by atoms with van der Waals surface area (Å²) in [4.78, 5) is 6.03. The van der Waals surface area contributed by atoms with Gasteiger partial charge in [-0.25, -0.2) is 4.98 Å². The zero-order valence-electron chi connectivity index (χ0n) is 14.6. The maximum absolute atomic E-state index is 5.49. The van der Waals surface area contributed by atoms with Crippen LogP contribution in [0.25, 0.3) is 0 Å². The summed E-state index contributed by atoms with van der Waals surface area (Å²) >= 11 is 3.49. The maximum atomic E-state index is 5.49. The van der Waals surface area contributed by atoms with Gasteiger partial charge in [0.25, 0.3) is 0 Å². The molecule has 3 rings (SSSR count). The van der Waals surface area contributed by atoms with Crippen LogP contribution in [0.1, 0.15) is 27.2 Å². The Morgan fingerprint density at radius 3 is 2.68 bits per heavy atom. The van der Waals surface area contributed by atoms with Crippen LogP contribution in [0.2, 0.25) is 0 Å². The minimum atomic E-state index is 0.174. The Bertz CT molecular complexity index is 800. The van der Waals surface area contributed by atoms with Gasteiger partial charge < -0.3 is 14.8 Å². The van der Waals surface area contributed by atoms with E-state index in [1.165, 1.54) is 4.88 Å². The predicted molar refractivity (Wildman–Crippen MR) is 104 cm³/mol. The first-order valence-electron chi connectivity index (χ1n) is 8.08. The number of thiophene rings is 1. The highest BCUT2D eigenvalue weighted by atomic mass is 32.1. The van der Waals surface area contributed by atoms with Crippen molar-refractivity contribution in [1.82, 2.24) is 10.3 Å². The van der Waals surface area contributed by atoms with E-state index in [0.717, 1.165) is 34.2 Å². The summed E-state index contributed by atoms with van der Waals surface area (Å²) in [5.41, 5.74) is 2.14. The zero-order valence-corrected chi connectivity index (χ0v) is 16.2. The molecule has 0 spiro atoms. The molecule has 1 atom stereocenters. The normalized spacial score (nSPS) is 12.1. The summed E-state index contributed by atoms with van der Waals surface area (Å²) in [6.07, 6.45) is 0.927. The lowest BCUT2D eigenvalue weighted by Crippen LogP contribution is -2.23. The summed E-state index contributed by atoms with van der Waals surface area (Å²) < 4.78 is 10.8. The summed E-state index contributed by atoms with van der Waals surface area (Å²) in [5, 5.41) is 8.98. The molecule has 0 fully saturated rings. The highest BCUT2D eigenvalue weighted by molar-refractivity contribution is 7.10. The third-order valence-corrected chi connectivity index (χ3v) is 5.92. The van der Waals surface area contributed by atoms with Gasteiger partial charge in [-0.15, -0.1) is 22.7 Å². The van der Waals surface area contributed by atoms with E-state index in [1.807, 2.05) is 25.1 Å². The lowest BCUT2D eigenvalue weighted by molar-refractivity contribution is 0.395. The van der Waals surface area contributed by atoms with Crippen molar-refractivity contribution in [3.63, 3.8) is 0 Å². The number of hydrogen-bond donors (Lipinski definition) is 1. The third kappa shape index (κ3) is 4.60. The van der Waals surface area contributed by atoms with Gasteiger partial charge in [0, 0.05) is 34.5 Å². The SMILES string of the molecule is COc1ccc(OC)c(CN[C@H](Cc2cccs2)c2nc(C)cs2)c1. The molecule has 0 aliphatic carbocycles. The molecule has 0 unspecified atom stereocenters. The molecule has 132 valence electrons. The van der Waals surface area contributed by atoms with Crippen LogP contribution in [0.3, 0.4) is 0 Å². The summed E-state index contributed by atoms with van der Waals surface area (Å²) in [6, 6.07) is 10.3. The zero-order chi connectivity index (χ0) is 17.6. The molecule has 6 heteroatoms. The Kier molecular flexibility index (Phi) is 6.07. The molecule has 0 radical (unpaired) electrons. The molecule has 0 saturated heterocycles. The Hall–Kier alpha value is -1.89. The number of aromatic nitrogens is 1. The topological polar surface area (TPSA) is 43.4 Å². The maximum Gasteiger partial charge on any atom is 0.123 e. The summed E-state index contributed by atoms with van der Waals surface area (Å²) in [5.74, 6) is 1.69. The van der Waals surface area contributed by atoms with E-state index in [-0.39, 0.29) is 6.04 Å². The lowest BCUT2D eigenvalue weighted by atomic mass is 10.1. The van der Waals surface area contributed by atoms with Crippen LogP contribution >= 0.6 is 22.7 Å². The second-order valence-electron chi connectivity index (χ2n) is 5.72. The number of thiazole rings is 1. The van der Waals surface area contributed by atoms with E-state index in [2.05, 4.69) is 33.2 Å². The van der Waals surface area contributed by atoms with Crippen molar-refractivity contribution >= 4 is 22.7 Å². The smallest absolute Gasteiger partial charge is 0.123 e. The number of aryl methyl sites for hydroxylation is 1. The van der Waals surface area contributed by atoms with Crippen molar-refractivity contribution in [2.45, 2.75) is 25.9 Å². The molecule has 25 heavy (non-hydrogen) atoms. The van der Waals surface area contributed by atoms with Gasteiger partial charge in [-0.2, -0.15) is 0 Å². The monoisotopic (exact) mass is 374 g/mol. The van der Waals surface area contributed by atoms with Crippen LogP contribution in [-0.4, -0.2) is 19.2 Å². The van der Waals surface area contributed by atoms with Crippen molar-refractivity contribution in [2.24, 2.45) is 0 Å². The van der Waals surface area contributed by atoms with Crippen molar-refractivity contribution in [2.75, 3.05) is 14.2 Å². The number of hydrogen-bond acceptors (Lipinski definition) is 6. The van der Waals surface area contributed by atoms with Crippen LogP contribution in [-0.2, 0) is 13.0 Å². The molecule has 3 aromatic rings. The van der Waals surface area contributed by atoms with E-state index < -0.39 is 0 Å². The molecule has 2 heterocycles. The fourth-order valence-corrected chi connectivity index (χ4v) is 4.29. The second-order valence-corrected chi connectivity index (χ2v) is 7.64. The minimum absolute atomic E-state index is 0.174. The molecule has 0 saturated carbocycles. The first-order valence-corrected chi connectivity index (χ1v) is 9.84. The van der Waals surface area contributed by atoms with Crippen LogP contribution < -0.4 is 14.8 Å². The van der Waals surface area contributed by atoms with Crippen molar-refractivity contribution in [1.29, 1.82) is 0 Å². The summed E-state index contributed by atoms with van der Waals surface area (Å²) in [6.45, 7) is 2.72. The largest absolute Gasteiger partial charge is 0.497 e. The lowest BCUT2D eigenvalue weighted by Gasteiger charge is -2.18. The van der Waals surface area contributed by atoms with Crippen LogP contribution in [0.15, 0.2) is 41.1 Å². The van der Waals surface area contributed by atoms with Gasteiger partial charge in [-0.05, 0) is 36.6 Å². The average Bonchev–Trinajstić information content (AvgIpc) is 3.29. The van der Waals surface area contributed by atoms with Crippen LogP contribution in [0.5, 0.6) is 11.5 Å². The van der Waals surface area contributed by atoms with E-state index in [0.29, 0.717) is 6.54 Å². The average molecular weight is 375 g/mol. The Morgan fingerprint density at radius 2 is 2.04 bits per heavy atom. The number of nitrogens with one attached hydrogen (secondary N) is 1. The number of nitrogens with zero attached hydrogens (tertiary/aromatic N) is 1.